The Morgan fingerprint density at radius 3 is 2.77 bits per heavy atom. The van der Waals surface area contributed by atoms with E-state index in [2.05, 4.69) is 19.2 Å². The number of aryl methyl sites for hydroxylation is 1. The van der Waals surface area contributed by atoms with Crippen LogP contribution in [0.1, 0.15) is 38.7 Å². The molecule has 1 N–H and O–H groups in total. The Balaban J connectivity index is 2.13. The van der Waals surface area contributed by atoms with Crippen molar-refractivity contribution in [3.63, 3.8) is 0 Å². The highest BCUT2D eigenvalue weighted by Crippen LogP contribution is 2.30. The van der Waals surface area contributed by atoms with Crippen molar-refractivity contribution < 1.29 is 17.9 Å². The van der Waals surface area contributed by atoms with Gasteiger partial charge in [-0.3, -0.25) is 4.79 Å². The number of methoxy groups -OCH3 is 1. The molecule has 1 aliphatic rings. The fraction of sp³-hybridized carbons (Fsp3) is 0.632. The van der Waals surface area contributed by atoms with Crippen molar-refractivity contribution in [2.45, 2.75) is 44.9 Å². The van der Waals surface area contributed by atoms with Crippen LogP contribution in [0.25, 0.3) is 0 Å². The fourth-order valence-electron chi connectivity index (χ4n) is 3.13. The van der Waals surface area contributed by atoms with Gasteiger partial charge in [-0.05, 0) is 49.8 Å². The van der Waals surface area contributed by atoms with Crippen molar-refractivity contribution in [2.24, 2.45) is 11.8 Å². The molecule has 6 nitrogen and oxygen atoms in total. The molecule has 26 heavy (non-hydrogen) atoms. The molecular formula is C19H30N2O4S. The van der Waals surface area contributed by atoms with E-state index in [-0.39, 0.29) is 23.3 Å². The Morgan fingerprint density at radius 1 is 1.38 bits per heavy atom. The second kappa shape index (κ2) is 8.86. The quantitative estimate of drug-likeness (QED) is 0.786. The molecule has 0 radical (unpaired) electrons. The Kier molecular flexibility index (Phi) is 7.06. The van der Waals surface area contributed by atoms with Gasteiger partial charge in [-0.2, -0.15) is 4.31 Å². The van der Waals surface area contributed by atoms with Gasteiger partial charge in [0.05, 0.1) is 13.0 Å². The molecular weight excluding hydrogens is 352 g/mol. The third-order valence-corrected chi connectivity index (χ3v) is 6.60. The number of nitrogens with one attached hydrogen (secondary N) is 1. The lowest BCUT2D eigenvalue weighted by Gasteiger charge is -2.31. The van der Waals surface area contributed by atoms with Crippen LogP contribution in [0, 0.1) is 18.8 Å². The average molecular weight is 383 g/mol. The van der Waals surface area contributed by atoms with Crippen molar-refractivity contribution in [3.8, 4) is 5.75 Å². The Bertz CT molecular complexity index is 731. The number of piperidine rings is 1. The number of benzene rings is 1. The van der Waals surface area contributed by atoms with Gasteiger partial charge in [0.25, 0.3) is 0 Å². The summed E-state index contributed by atoms with van der Waals surface area (Å²) in [6.07, 6.45) is 2.31. The van der Waals surface area contributed by atoms with Gasteiger partial charge in [-0.1, -0.05) is 19.9 Å². The predicted molar refractivity (Wildman–Crippen MR) is 102 cm³/mol. The Morgan fingerprint density at radius 2 is 2.12 bits per heavy atom. The van der Waals surface area contributed by atoms with Gasteiger partial charge >= 0.3 is 0 Å². The highest BCUT2D eigenvalue weighted by Gasteiger charge is 2.34. The van der Waals surface area contributed by atoms with Crippen LogP contribution < -0.4 is 10.1 Å². The lowest BCUT2D eigenvalue weighted by atomic mass is 9.98. The first-order valence-electron chi connectivity index (χ1n) is 9.18. The van der Waals surface area contributed by atoms with Gasteiger partial charge in [0.15, 0.2) is 0 Å². The number of sulfonamides is 1. The number of amides is 1. The maximum atomic E-state index is 13.1. The first-order chi connectivity index (χ1) is 12.3. The van der Waals surface area contributed by atoms with Crippen molar-refractivity contribution >= 4 is 15.9 Å². The molecule has 0 aliphatic carbocycles. The van der Waals surface area contributed by atoms with E-state index >= 15 is 0 Å². The van der Waals surface area contributed by atoms with Crippen LogP contribution in [0.2, 0.25) is 0 Å². The highest BCUT2D eigenvalue weighted by molar-refractivity contribution is 7.89. The number of ether oxygens (including phenoxy) is 1. The molecule has 1 amide bonds. The molecule has 0 unspecified atom stereocenters. The zero-order chi connectivity index (χ0) is 19.3. The van der Waals surface area contributed by atoms with Crippen LogP contribution in [0.3, 0.4) is 0 Å². The fourth-order valence-corrected chi connectivity index (χ4v) is 4.89. The smallest absolute Gasteiger partial charge is 0.246 e. The summed E-state index contributed by atoms with van der Waals surface area (Å²) < 4.78 is 32.9. The monoisotopic (exact) mass is 382 g/mol. The number of carbonyl (C=O) groups is 1. The SMILES string of the molecule is COc1ccc(C)cc1S(=O)(=O)N1CCC[C@@H](C(=O)NCCC(C)C)C1. The van der Waals surface area contributed by atoms with Gasteiger partial charge in [0.2, 0.25) is 15.9 Å². The van der Waals surface area contributed by atoms with E-state index in [0.717, 1.165) is 12.0 Å². The summed E-state index contributed by atoms with van der Waals surface area (Å²) in [6.45, 7) is 7.33. The standard InChI is InChI=1S/C19H30N2O4S/c1-14(2)9-10-20-19(22)16-6-5-11-21(13-16)26(23,24)18-12-15(3)7-8-17(18)25-4/h7-8,12,14,16H,5-6,9-11,13H2,1-4H3,(H,20,22)/t16-/m1/s1. The van der Waals surface area contributed by atoms with Gasteiger partial charge < -0.3 is 10.1 Å². The topological polar surface area (TPSA) is 75.7 Å². The van der Waals surface area contributed by atoms with Crippen LogP contribution >= 0.6 is 0 Å². The molecule has 0 aromatic heterocycles. The van der Waals surface area contributed by atoms with Crippen LogP contribution in [0.5, 0.6) is 5.75 Å². The van der Waals surface area contributed by atoms with E-state index in [1.54, 1.807) is 12.1 Å². The van der Waals surface area contributed by atoms with Gasteiger partial charge in [-0.15, -0.1) is 0 Å². The third-order valence-electron chi connectivity index (χ3n) is 4.71. The number of carbonyl (C=O) groups excluding carboxylic acids is 1. The normalized spacial score (nSPS) is 18.7. The lowest BCUT2D eigenvalue weighted by Crippen LogP contribution is -2.45. The van der Waals surface area contributed by atoms with Crippen molar-refractivity contribution in [1.29, 1.82) is 0 Å². The summed E-state index contributed by atoms with van der Waals surface area (Å²) in [4.78, 5) is 12.6. The van der Waals surface area contributed by atoms with Crippen LogP contribution in [0.4, 0.5) is 0 Å². The van der Waals surface area contributed by atoms with Gasteiger partial charge in [-0.25, -0.2) is 8.42 Å². The molecule has 7 heteroatoms. The molecule has 0 saturated carbocycles. The summed E-state index contributed by atoms with van der Waals surface area (Å²) in [5.74, 6) is 0.495. The number of nitrogens with zero attached hydrogens (tertiary/aromatic N) is 1. The number of hydrogen-bond donors (Lipinski definition) is 1. The predicted octanol–water partition coefficient (Wildman–Crippen LogP) is 2.57. The summed E-state index contributed by atoms with van der Waals surface area (Å²) in [5, 5.41) is 2.94. The molecule has 1 heterocycles. The zero-order valence-corrected chi connectivity index (χ0v) is 16.9. The van der Waals surface area contributed by atoms with Crippen molar-refractivity contribution in [1.82, 2.24) is 9.62 Å². The summed E-state index contributed by atoms with van der Waals surface area (Å²) >= 11 is 0. The minimum Gasteiger partial charge on any atom is -0.495 e. The van der Waals surface area contributed by atoms with Crippen LogP contribution in [-0.4, -0.2) is 45.4 Å². The first kappa shape index (κ1) is 20.7. The van der Waals surface area contributed by atoms with Gasteiger partial charge in [0.1, 0.15) is 10.6 Å². The molecule has 0 bridgehead atoms. The average Bonchev–Trinajstić information content (AvgIpc) is 2.61. The highest BCUT2D eigenvalue weighted by atomic mass is 32.2. The van der Waals surface area contributed by atoms with Gasteiger partial charge in [0, 0.05) is 19.6 Å². The minimum atomic E-state index is -3.70. The third kappa shape index (κ3) is 4.98. The molecule has 1 atom stereocenters. The zero-order valence-electron chi connectivity index (χ0n) is 16.1. The van der Waals surface area contributed by atoms with E-state index < -0.39 is 10.0 Å². The van der Waals surface area contributed by atoms with E-state index in [1.165, 1.54) is 11.4 Å². The molecule has 1 aromatic carbocycles. The molecule has 146 valence electrons. The molecule has 1 fully saturated rings. The minimum absolute atomic E-state index is 0.0539. The summed E-state index contributed by atoms with van der Waals surface area (Å²) in [7, 11) is -2.24. The molecule has 0 spiro atoms. The van der Waals surface area contributed by atoms with E-state index in [1.807, 2.05) is 13.0 Å². The van der Waals surface area contributed by atoms with E-state index in [0.29, 0.717) is 37.6 Å². The van der Waals surface area contributed by atoms with Crippen molar-refractivity contribution in [2.75, 3.05) is 26.7 Å². The van der Waals surface area contributed by atoms with Crippen molar-refractivity contribution in [3.05, 3.63) is 23.8 Å². The lowest BCUT2D eigenvalue weighted by molar-refractivity contribution is -0.126. The van der Waals surface area contributed by atoms with E-state index in [4.69, 9.17) is 4.74 Å². The summed E-state index contributed by atoms with van der Waals surface area (Å²) in [6, 6.07) is 5.11. The molecule has 1 aliphatic heterocycles. The molecule has 1 aromatic rings. The maximum absolute atomic E-state index is 13.1. The van der Waals surface area contributed by atoms with Crippen LogP contribution in [0.15, 0.2) is 23.1 Å². The number of rotatable bonds is 7. The van der Waals surface area contributed by atoms with E-state index in [9.17, 15) is 13.2 Å². The largest absolute Gasteiger partial charge is 0.495 e. The molecule has 1 saturated heterocycles. The maximum Gasteiger partial charge on any atom is 0.246 e. The Labute approximate surface area is 157 Å². The Hall–Kier alpha value is -1.60. The first-order valence-corrected chi connectivity index (χ1v) is 10.6. The van der Waals surface area contributed by atoms with Crippen LogP contribution in [-0.2, 0) is 14.8 Å². The second-order valence-corrected chi connectivity index (χ2v) is 9.24. The second-order valence-electron chi connectivity index (χ2n) is 7.33. The molecule has 2 rings (SSSR count). The summed E-state index contributed by atoms with van der Waals surface area (Å²) in [5.41, 5.74) is 0.851. The number of hydrogen-bond acceptors (Lipinski definition) is 4.